The first kappa shape index (κ1) is 68.7. The molecule has 5 heteroatoms. The Hall–Kier alpha value is -10.1. The summed E-state index contributed by atoms with van der Waals surface area (Å²) < 4.78 is 5.11. The van der Waals surface area contributed by atoms with Gasteiger partial charge >= 0.3 is 0 Å². The van der Waals surface area contributed by atoms with E-state index < -0.39 is 0 Å². The van der Waals surface area contributed by atoms with Gasteiger partial charge in [-0.2, -0.15) is 0 Å². The summed E-state index contributed by atoms with van der Waals surface area (Å²) >= 11 is 0. The van der Waals surface area contributed by atoms with Crippen LogP contribution in [0.5, 0.6) is 0 Å². The summed E-state index contributed by atoms with van der Waals surface area (Å²) in [7, 11) is 0. The molecule has 0 unspecified atom stereocenters. The highest BCUT2D eigenvalue weighted by atomic mass is 15.2. The van der Waals surface area contributed by atoms with Gasteiger partial charge in [0.1, 0.15) is 0 Å². The van der Waals surface area contributed by atoms with Gasteiger partial charge in [-0.1, -0.05) is 284 Å². The monoisotopic (exact) mass is 1390 g/mol. The van der Waals surface area contributed by atoms with Crippen LogP contribution < -0.4 is 26.2 Å². The van der Waals surface area contributed by atoms with Crippen LogP contribution in [-0.4, -0.2) is 15.8 Å². The average Bonchev–Trinajstić information content (AvgIpc) is 1.58. The fourth-order valence-electron chi connectivity index (χ4n) is 20.0. The highest BCUT2D eigenvalue weighted by Crippen LogP contribution is 2.54. The summed E-state index contributed by atoms with van der Waals surface area (Å²) in [6, 6.07) is 93.8. The van der Waals surface area contributed by atoms with Crippen molar-refractivity contribution in [1.82, 2.24) is 9.13 Å². The molecule has 0 radical (unpaired) electrons. The number of para-hydroxylation sites is 2. The van der Waals surface area contributed by atoms with Crippen LogP contribution in [0.25, 0.3) is 88.4 Å². The van der Waals surface area contributed by atoms with Crippen molar-refractivity contribution in [3.63, 3.8) is 0 Å². The van der Waals surface area contributed by atoms with E-state index in [4.69, 9.17) is 0 Å². The van der Waals surface area contributed by atoms with E-state index in [0.717, 1.165) is 52.7 Å². The topological polar surface area (TPSA) is 16.3 Å². The number of fused-ring (bicyclic) bond motifs is 12. The van der Waals surface area contributed by atoms with Crippen LogP contribution in [0.1, 0.15) is 196 Å². The number of anilines is 6. The van der Waals surface area contributed by atoms with E-state index in [2.05, 4.69) is 394 Å². The lowest BCUT2D eigenvalue weighted by atomic mass is 9.33. The number of benzene rings is 12. The lowest BCUT2D eigenvalue weighted by molar-refractivity contribution is 0.402. The molecule has 18 rings (SSSR count). The molecule has 4 heterocycles. The average molecular weight is 1400 g/mol. The van der Waals surface area contributed by atoms with E-state index in [1.54, 1.807) is 0 Å². The lowest BCUT2D eigenvalue weighted by Gasteiger charge is -2.44. The smallest absolute Gasteiger partial charge is 0.252 e. The highest BCUT2D eigenvalue weighted by Gasteiger charge is 2.47. The van der Waals surface area contributed by atoms with Crippen LogP contribution in [0.4, 0.5) is 34.1 Å². The van der Waals surface area contributed by atoms with Crippen LogP contribution in [0.3, 0.4) is 0 Å². The quantitative estimate of drug-likeness (QED) is 0.148. The SMILES string of the molecule is CC(C)(C)c1cc(-c2ccc3c(c2)N(c2ccc(-c4ccc5c(c4)C(C)(C)CC5(C)C)cc2)c2cc(-n4c5ccccc5c5ccccc54)cc4c2B3c2ccc(-n3c5ccc(C(C)(C)C)cc5c5cc(C(C)(C)C)ccc53)cc2N4c2ccc(-c3ccc4c(c3)C(C)(C)CC4(C)C)cc2)cc(C(C)(C)C)c1. The Labute approximate surface area is 636 Å². The second-order valence-electron chi connectivity index (χ2n) is 39.0. The van der Waals surface area contributed by atoms with Crippen molar-refractivity contribution in [3.8, 4) is 44.8 Å². The molecular formula is C102H103BN4. The van der Waals surface area contributed by atoms with Crippen molar-refractivity contribution < 1.29 is 0 Å². The number of nitrogens with zero attached hydrogens (tertiary/aromatic N) is 4. The van der Waals surface area contributed by atoms with Crippen molar-refractivity contribution in [2.45, 2.75) is 195 Å². The van der Waals surface area contributed by atoms with E-state index in [1.165, 1.54) is 144 Å². The molecule has 2 aliphatic heterocycles. The van der Waals surface area contributed by atoms with Crippen LogP contribution in [-0.2, 0) is 43.3 Å². The van der Waals surface area contributed by atoms with Gasteiger partial charge in [0.2, 0.25) is 0 Å². The summed E-state index contributed by atoms with van der Waals surface area (Å²) in [4.78, 5) is 5.30. The molecular weight excluding hydrogens is 1290 g/mol. The molecule has 4 nitrogen and oxygen atoms in total. The highest BCUT2D eigenvalue weighted by molar-refractivity contribution is 7.00. The Balaban J connectivity index is 0.933. The third-order valence-corrected chi connectivity index (χ3v) is 25.3. The minimum absolute atomic E-state index is 0.0376. The molecule has 0 spiro atoms. The maximum atomic E-state index is 2.65. The van der Waals surface area contributed by atoms with Crippen molar-refractivity contribution in [2.24, 2.45) is 0 Å². The molecule has 0 amide bonds. The van der Waals surface area contributed by atoms with Gasteiger partial charge in [0, 0.05) is 61.4 Å². The molecule has 0 bridgehead atoms. The Morgan fingerprint density at radius 2 is 0.617 bits per heavy atom. The second kappa shape index (κ2) is 23.2. The van der Waals surface area contributed by atoms with Crippen molar-refractivity contribution in [2.75, 3.05) is 9.80 Å². The molecule has 0 fully saturated rings. The zero-order chi connectivity index (χ0) is 74.9. The predicted octanol–water partition coefficient (Wildman–Crippen LogP) is 26.1. The molecule has 14 aromatic rings. The van der Waals surface area contributed by atoms with Crippen LogP contribution in [0, 0.1) is 0 Å². The molecule has 2 aliphatic carbocycles. The number of hydrogen-bond acceptors (Lipinski definition) is 2. The second-order valence-corrected chi connectivity index (χ2v) is 39.0. The van der Waals surface area contributed by atoms with E-state index in [1.807, 2.05) is 0 Å². The molecule has 2 aromatic heterocycles. The Morgan fingerprint density at radius 3 is 1.07 bits per heavy atom. The molecule has 534 valence electrons. The number of aromatic nitrogens is 2. The first-order valence-electron chi connectivity index (χ1n) is 39.3. The third-order valence-electron chi connectivity index (χ3n) is 25.3. The minimum atomic E-state index is -0.169. The zero-order valence-corrected chi connectivity index (χ0v) is 66.8. The molecule has 0 saturated heterocycles. The Morgan fingerprint density at radius 1 is 0.262 bits per heavy atom. The molecule has 4 aliphatic rings. The van der Waals surface area contributed by atoms with E-state index in [9.17, 15) is 0 Å². The van der Waals surface area contributed by atoms with Crippen LogP contribution in [0.2, 0.25) is 0 Å². The first-order chi connectivity index (χ1) is 50.5. The predicted molar refractivity (Wildman–Crippen MR) is 462 cm³/mol. The third kappa shape index (κ3) is 11.0. The van der Waals surface area contributed by atoms with Crippen LogP contribution in [0.15, 0.2) is 237 Å². The summed E-state index contributed by atoms with van der Waals surface area (Å²) in [5, 5.41) is 5.02. The fourth-order valence-corrected chi connectivity index (χ4v) is 20.0. The summed E-state index contributed by atoms with van der Waals surface area (Å²) in [6.45, 7) is 47.4. The fraction of sp³-hybridized carbons (Fsp3) is 0.294. The molecule has 0 saturated carbocycles. The standard InChI is InChI=1S/C102H103BN4/c1-95(2,3)68-36-47-88-78(55-68)79-56-69(96(4,5)6)37-48-89(79)106(88)74-42-46-85-91(57-74)105(73-40-31-63(32-41-73)65-34-44-81-83(52-65)102(19,20)61-100(81,15)16)93-59-75(107-86-27-23-21-25-76(86)77-26-22-24-28-87(77)107)58-92-94(93)103(85)84-45-35-66(67-49-70(97(7,8)9)54-71(50-67)98(10,11)12)53-90(84)104(92)72-38-29-62(30-39-72)64-33-43-80-82(51-64)101(17,18)60-99(80,13)14/h21-59H,60-61H2,1-20H3. The lowest BCUT2D eigenvalue weighted by Crippen LogP contribution is -2.61. The zero-order valence-electron chi connectivity index (χ0n) is 66.8. The van der Waals surface area contributed by atoms with Gasteiger partial charge in [-0.3, -0.25) is 0 Å². The molecule has 0 atom stereocenters. The van der Waals surface area contributed by atoms with Gasteiger partial charge in [0.25, 0.3) is 6.71 Å². The Bertz CT molecular complexity index is 5890. The maximum Gasteiger partial charge on any atom is 0.252 e. The van der Waals surface area contributed by atoms with E-state index in [0.29, 0.717) is 0 Å². The molecule has 12 aromatic carbocycles. The summed E-state index contributed by atoms with van der Waals surface area (Å²) in [6.07, 6.45) is 2.26. The summed E-state index contributed by atoms with van der Waals surface area (Å²) in [5.41, 5.74) is 36.4. The molecule has 107 heavy (non-hydrogen) atoms. The van der Waals surface area contributed by atoms with E-state index >= 15 is 0 Å². The minimum Gasteiger partial charge on any atom is -0.311 e. The summed E-state index contributed by atoms with van der Waals surface area (Å²) in [5.74, 6) is 0. The van der Waals surface area contributed by atoms with Crippen LogP contribution >= 0.6 is 0 Å². The maximum absolute atomic E-state index is 2.65. The van der Waals surface area contributed by atoms with Gasteiger partial charge in [0.05, 0.1) is 27.8 Å². The van der Waals surface area contributed by atoms with Crippen molar-refractivity contribution in [3.05, 3.63) is 281 Å². The largest absolute Gasteiger partial charge is 0.311 e. The Kier molecular flexibility index (Phi) is 14.9. The van der Waals surface area contributed by atoms with Crippen molar-refractivity contribution >= 4 is 101 Å². The van der Waals surface area contributed by atoms with E-state index in [-0.39, 0.29) is 50.0 Å². The van der Waals surface area contributed by atoms with Gasteiger partial charge in [-0.15, -0.1) is 0 Å². The first-order valence-corrected chi connectivity index (χ1v) is 39.3. The van der Waals surface area contributed by atoms with Crippen molar-refractivity contribution in [1.29, 1.82) is 0 Å². The number of rotatable bonds is 7. The van der Waals surface area contributed by atoms with Gasteiger partial charge in [-0.25, -0.2) is 0 Å². The van der Waals surface area contributed by atoms with Gasteiger partial charge in [-0.05, 0) is 241 Å². The van der Waals surface area contributed by atoms with Gasteiger partial charge in [0.15, 0.2) is 0 Å². The number of hydrogen-bond donors (Lipinski definition) is 0. The molecule has 0 N–H and O–H groups in total. The normalized spacial score (nSPS) is 16.2. The van der Waals surface area contributed by atoms with Gasteiger partial charge < -0.3 is 18.9 Å².